The predicted octanol–water partition coefficient (Wildman–Crippen LogP) is 4.22. The number of benzene rings is 1. The summed E-state index contributed by atoms with van der Waals surface area (Å²) in [6, 6.07) is 2.74. The number of carbonyl (C=O) groups is 2. The maximum absolute atomic E-state index is 13.1. The second-order valence-corrected chi connectivity index (χ2v) is 5.61. The number of pyridine rings is 2. The first-order chi connectivity index (χ1) is 12.8. The Morgan fingerprint density at radius 2 is 1.00 bits per heavy atom. The zero-order valence-electron chi connectivity index (χ0n) is 13.2. The number of hydrogen-bond donors (Lipinski definition) is 2. The maximum Gasteiger partial charge on any atom is 0.418 e. The summed E-state index contributed by atoms with van der Waals surface area (Å²) in [5.41, 5.74) is -6.39. The number of hydrogen-bond acceptors (Lipinski definition) is 4. The molecule has 0 saturated heterocycles. The molecule has 0 amide bonds. The van der Waals surface area contributed by atoms with Gasteiger partial charge >= 0.3 is 24.3 Å². The zero-order chi connectivity index (χ0) is 21.0. The highest BCUT2D eigenvalue weighted by Crippen LogP contribution is 2.36. The van der Waals surface area contributed by atoms with Gasteiger partial charge in [-0.25, -0.2) is 19.6 Å². The predicted molar refractivity (Wildman–Crippen MR) is 81.0 cm³/mol. The van der Waals surface area contributed by atoms with Crippen LogP contribution in [0.2, 0.25) is 0 Å². The van der Waals surface area contributed by atoms with Crippen LogP contribution in [0.15, 0.2) is 24.3 Å². The molecule has 0 spiro atoms. The fourth-order valence-corrected chi connectivity index (χ4v) is 2.60. The highest BCUT2D eigenvalue weighted by Gasteiger charge is 2.38. The Hall–Kier alpha value is -3.44. The van der Waals surface area contributed by atoms with Crippen LogP contribution < -0.4 is 0 Å². The molecule has 1 aromatic carbocycles. The maximum atomic E-state index is 13.1. The van der Waals surface area contributed by atoms with Crippen LogP contribution in [0.5, 0.6) is 0 Å². The third kappa shape index (κ3) is 3.28. The lowest BCUT2D eigenvalue weighted by Crippen LogP contribution is -2.16. The number of carboxylic acids is 2. The van der Waals surface area contributed by atoms with E-state index >= 15 is 0 Å². The molecule has 0 aliphatic heterocycles. The van der Waals surface area contributed by atoms with Crippen molar-refractivity contribution in [1.82, 2.24) is 9.97 Å². The Morgan fingerprint density at radius 1 is 0.679 bits per heavy atom. The first-order valence-electron chi connectivity index (χ1n) is 7.19. The van der Waals surface area contributed by atoms with E-state index in [0.717, 1.165) is 12.1 Å². The number of aromatic nitrogens is 2. The van der Waals surface area contributed by atoms with E-state index in [2.05, 4.69) is 9.97 Å². The topological polar surface area (TPSA) is 100 Å². The van der Waals surface area contributed by atoms with Gasteiger partial charge in [0.2, 0.25) is 0 Å². The molecular formula is C16H6F6N2O4. The SMILES string of the molecule is O=C(O)c1nc2cc3cc(C(F)(F)F)c(C(=O)O)nc3cc2cc1C(F)(F)F. The Kier molecular flexibility index (Phi) is 4.17. The van der Waals surface area contributed by atoms with Gasteiger partial charge in [0.1, 0.15) is 0 Å². The van der Waals surface area contributed by atoms with Gasteiger partial charge in [-0.1, -0.05) is 0 Å². The van der Waals surface area contributed by atoms with Crippen LogP contribution >= 0.6 is 0 Å². The molecule has 28 heavy (non-hydrogen) atoms. The van der Waals surface area contributed by atoms with Crippen molar-refractivity contribution in [3.63, 3.8) is 0 Å². The Morgan fingerprint density at radius 3 is 1.25 bits per heavy atom. The third-order valence-electron chi connectivity index (χ3n) is 3.77. The first kappa shape index (κ1) is 19.3. The largest absolute Gasteiger partial charge is 0.476 e. The monoisotopic (exact) mass is 404 g/mol. The van der Waals surface area contributed by atoms with Crippen molar-refractivity contribution in [2.45, 2.75) is 12.4 Å². The van der Waals surface area contributed by atoms with Crippen molar-refractivity contribution in [1.29, 1.82) is 0 Å². The molecular weight excluding hydrogens is 398 g/mol. The number of halogens is 6. The average molecular weight is 404 g/mol. The standard InChI is InChI=1S/C16H6F6N2O4/c17-15(18,19)7-1-5-3-10-6(4-9(5)23-11(7)13(25)26)2-8(16(20,21)22)12(24-10)14(27)28/h1-4H,(H,25,26)(H,27,28). The number of carboxylic acid groups (broad SMARTS) is 2. The fourth-order valence-electron chi connectivity index (χ4n) is 2.60. The highest BCUT2D eigenvalue weighted by molar-refractivity contribution is 6.00. The molecule has 0 aliphatic rings. The fraction of sp³-hybridized carbons (Fsp3) is 0.125. The summed E-state index contributed by atoms with van der Waals surface area (Å²) in [6.07, 6.45) is -10.1. The molecule has 0 fully saturated rings. The van der Waals surface area contributed by atoms with E-state index in [-0.39, 0.29) is 21.8 Å². The van der Waals surface area contributed by atoms with E-state index in [0.29, 0.717) is 12.1 Å². The summed E-state index contributed by atoms with van der Waals surface area (Å²) in [5, 5.41) is 17.4. The number of rotatable bonds is 2. The molecule has 146 valence electrons. The van der Waals surface area contributed by atoms with Crippen LogP contribution in [0.3, 0.4) is 0 Å². The Bertz CT molecular complexity index is 1060. The van der Waals surface area contributed by atoms with Gasteiger partial charge in [0.15, 0.2) is 11.4 Å². The van der Waals surface area contributed by atoms with Gasteiger partial charge in [-0.2, -0.15) is 26.3 Å². The summed E-state index contributed by atoms with van der Waals surface area (Å²) in [6.45, 7) is 0. The van der Waals surface area contributed by atoms with Crippen molar-refractivity contribution in [3.8, 4) is 0 Å². The highest BCUT2D eigenvalue weighted by atomic mass is 19.4. The molecule has 3 rings (SSSR count). The van der Waals surface area contributed by atoms with Gasteiger partial charge in [-0.15, -0.1) is 0 Å². The van der Waals surface area contributed by atoms with Crippen LogP contribution in [0.1, 0.15) is 32.1 Å². The molecule has 3 aromatic rings. The normalized spacial score (nSPS) is 12.5. The molecule has 0 radical (unpaired) electrons. The first-order valence-corrected chi connectivity index (χ1v) is 7.19. The minimum absolute atomic E-state index is 0.270. The summed E-state index contributed by atoms with van der Waals surface area (Å²) in [5.74, 6) is -3.94. The number of aromatic carboxylic acids is 2. The van der Waals surface area contributed by atoms with Gasteiger partial charge in [0, 0.05) is 10.8 Å². The molecule has 0 atom stereocenters. The van der Waals surface area contributed by atoms with Gasteiger partial charge in [0.25, 0.3) is 0 Å². The van der Waals surface area contributed by atoms with Gasteiger partial charge in [-0.3, -0.25) is 0 Å². The second kappa shape index (κ2) is 6.04. The molecule has 6 nitrogen and oxygen atoms in total. The summed E-state index contributed by atoms with van der Waals surface area (Å²) >= 11 is 0. The molecule has 12 heteroatoms. The van der Waals surface area contributed by atoms with E-state index in [1.807, 2.05) is 0 Å². The van der Waals surface area contributed by atoms with Crippen LogP contribution in [0, 0.1) is 0 Å². The lowest BCUT2D eigenvalue weighted by atomic mass is 10.0. The summed E-state index contributed by atoms with van der Waals surface area (Å²) < 4.78 is 78.5. The molecule has 2 N–H and O–H groups in total. The van der Waals surface area contributed by atoms with Crippen LogP contribution in [0.4, 0.5) is 26.3 Å². The van der Waals surface area contributed by atoms with E-state index in [9.17, 15) is 35.9 Å². The van der Waals surface area contributed by atoms with E-state index in [4.69, 9.17) is 10.2 Å². The van der Waals surface area contributed by atoms with Crippen LogP contribution in [-0.2, 0) is 12.4 Å². The van der Waals surface area contributed by atoms with Crippen molar-refractivity contribution >= 4 is 33.7 Å². The quantitative estimate of drug-likeness (QED) is 0.490. The van der Waals surface area contributed by atoms with Gasteiger partial charge in [-0.05, 0) is 24.3 Å². The smallest absolute Gasteiger partial charge is 0.418 e. The zero-order valence-corrected chi connectivity index (χ0v) is 13.2. The Labute approximate surface area is 150 Å². The van der Waals surface area contributed by atoms with E-state index < -0.39 is 46.8 Å². The molecule has 2 aromatic heterocycles. The summed E-state index contributed by atoms with van der Waals surface area (Å²) in [4.78, 5) is 29.0. The van der Waals surface area contributed by atoms with Crippen molar-refractivity contribution in [2.75, 3.05) is 0 Å². The molecule has 0 saturated carbocycles. The van der Waals surface area contributed by atoms with Gasteiger partial charge in [0.05, 0.1) is 22.2 Å². The molecule has 0 aliphatic carbocycles. The number of nitrogens with zero attached hydrogens (tertiary/aromatic N) is 2. The number of alkyl halides is 6. The second-order valence-electron chi connectivity index (χ2n) is 5.61. The van der Waals surface area contributed by atoms with Crippen molar-refractivity contribution in [2.24, 2.45) is 0 Å². The van der Waals surface area contributed by atoms with E-state index in [1.54, 1.807) is 0 Å². The van der Waals surface area contributed by atoms with Crippen molar-refractivity contribution < 1.29 is 46.1 Å². The average Bonchev–Trinajstić information content (AvgIpc) is 2.55. The van der Waals surface area contributed by atoms with Crippen LogP contribution in [0.25, 0.3) is 21.8 Å². The van der Waals surface area contributed by atoms with Crippen molar-refractivity contribution in [3.05, 3.63) is 46.8 Å². The lowest BCUT2D eigenvalue weighted by molar-refractivity contribution is -0.139. The third-order valence-corrected chi connectivity index (χ3v) is 3.77. The minimum atomic E-state index is -5.05. The molecule has 0 bridgehead atoms. The van der Waals surface area contributed by atoms with E-state index in [1.165, 1.54) is 0 Å². The number of fused-ring (bicyclic) bond motifs is 2. The van der Waals surface area contributed by atoms with Gasteiger partial charge < -0.3 is 10.2 Å². The summed E-state index contributed by atoms with van der Waals surface area (Å²) in [7, 11) is 0. The molecule has 0 unspecified atom stereocenters. The van der Waals surface area contributed by atoms with Crippen LogP contribution in [-0.4, -0.2) is 32.1 Å². The molecule has 2 heterocycles. The Balaban J connectivity index is 2.40. The lowest BCUT2D eigenvalue weighted by Gasteiger charge is -2.13. The minimum Gasteiger partial charge on any atom is -0.476 e.